The Bertz CT molecular complexity index is 532. The summed E-state index contributed by atoms with van der Waals surface area (Å²) in [7, 11) is 0. The number of nitrogens with two attached hydrogens (primary N) is 1. The maximum Gasteiger partial charge on any atom is 0.245 e. The van der Waals surface area contributed by atoms with Gasteiger partial charge in [-0.1, -0.05) is 23.8 Å². The van der Waals surface area contributed by atoms with Gasteiger partial charge in [0.15, 0.2) is 0 Å². The number of halogens is 1. The van der Waals surface area contributed by atoms with E-state index in [-0.39, 0.29) is 5.91 Å². The number of hydrogen-bond acceptors (Lipinski definition) is 3. The molecule has 1 aromatic rings. The molecule has 1 unspecified atom stereocenters. The van der Waals surface area contributed by atoms with E-state index in [0.29, 0.717) is 18.1 Å². The predicted octanol–water partition coefficient (Wildman–Crippen LogP) is 2.47. The minimum Gasteiger partial charge on any atom is -0.363 e. The van der Waals surface area contributed by atoms with Gasteiger partial charge in [-0.15, -0.1) is 13.2 Å². The van der Waals surface area contributed by atoms with Gasteiger partial charge in [0.25, 0.3) is 0 Å². The fraction of sp³-hybridized carbons (Fsp3) is 0.214. The molecule has 0 spiro atoms. The summed E-state index contributed by atoms with van der Waals surface area (Å²) in [4.78, 5) is 13.6. The molecule has 1 aliphatic heterocycles. The van der Waals surface area contributed by atoms with Gasteiger partial charge in [-0.05, 0) is 12.1 Å². The molecule has 0 fully saturated rings. The van der Waals surface area contributed by atoms with Gasteiger partial charge in [0.2, 0.25) is 5.91 Å². The predicted molar refractivity (Wildman–Crippen MR) is 79.6 cm³/mol. The minimum atomic E-state index is -0.645. The fourth-order valence-electron chi connectivity index (χ4n) is 2.12. The van der Waals surface area contributed by atoms with Gasteiger partial charge in [-0.2, -0.15) is 0 Å². The molecule has 1 aromatic carbocycles. The molecule has 100 valence electrons. The Morgan fingerprint density at radius 2 is 2.00 bits per heavy atom. The van der Waals surface area contributed by atoms with Crippen LogP contribution in [0.15, 0.2) is 37.4 Å². The standard InChI is InChI=1S/C14H16ClN3O/c1-3-5-18(6-4-2)12-8-11-9(7-10(12)15)13(16)14(19)17-11/h3-4,7-8,13H,1-2,5-6,16H2,(H,17,19). The van der Waals surface area contributed by atoms with Crippen molar-refractivity contribution in [3.63, 3.8) is 0 Å². The number of benzene rings is 1. The van der Waals surface area contributed by atoms with E-state index < -0.39 is 6.04 Å². The number of nitrogens with zero attached hydrogens (tertiary/aromatic N) is 1. The number of fused-ring (bicyclic) bond motifs is 1. The molecule has 1 amide bonds. The Kier molecular flexibility index (Phi) is 3.93. The van der Waals surface area contributed by atoms with E-state index in [1.54, 1.807) is 18.2 Å². The van der Waals surface area contributed by atoms with E-state index in [0.717, 1.165) is 16.9 Å². The van der Waals surface area contributed by atoms with Crippen LogP contribution in [-0.2, 0) is 4.79 Å². The molecular weight excluding hydrogens is 262 g/mol. The lowest BCUT2D eigenvalue weighted by molar-refractivity contribution is -0.116. The van der Waals surface area contributed by atoms with E-state index in [4.69, 9.17) is 17.3 Å². The van der Waals surface area contributed by atoms with Crippen molar-refractivity contribution in [3.8, 4) is 0 Å². The van der Waals surface area contributed by atoms with Gasteiger partial charge in [0.1, 0.15) is 6.04 Å². The summed E-state index contributed by atoms with van der Waals surface area (Å²) in [6, 6.07) is 2.94. The van der Waals surface area contributed by atoms with E-state index >= 15 is 0 Å². The molecule has 0 radical (unpaired) electrons. The number of rotatable bonds is 5. The van der Waals surface area contributed by atoms with Crippen molar-refractivity contribution >= 4 is 28.9 Å². The molecule has 0 aromatic heterocycles. The third-order valence-corrected chi connectivity index (χ3v) is 3.34. The lowest BCUT2D eigenvalue weighted by atomic mass is 10.1. The summed E-state index contributed by atoms with van der Waals surface area (Å²) >= 11 is 6.28. The molecule has 0 saturated heterocycles. The Morgan fingerprint density at radius 3 is 2.58 bits per heavy atom. The number of carbonyl (C=O) groups is 1. The van der Waals surface area contributed by atoms with Gasteiger partial charge in [0.05, 0.1) is 10.7 Å². The molecular formula is C14H16ClN3O. The monoisotopic (exact) mass is 277 g/mol. The van der Waals surface area contributed by atoms with E-state index in [1.165, 1.54) is 0 Å². The van der Waals surface area contributed by atoms with Gasteiger partial charge in [0, 0.05) is 24.3 Å². The Morgan fingerprint density at radius 1 is 1.37 bits per heavy atom. The number of carbonyl (C=O) groups excluding carboxylic acids is 1. The highest BCUT2D eigenvalue weighted by atomic mass is 35.5. The summed E-state index contributed by atoms with van der Waals surface area (Å²) in [6.45, 7) is 8.74. The normalized spacial score (nSPS) is 16.7. The fourth-order valence-corrected chi connectivity index (χ4v) is 2.41. The van der Waals surface area contributed by atoms with Gasteiger partial charge >= 0.3 is 0 Å². The van der Waals surface area contributed by atoms with Crippen LogP contribution in [-0.4, -0.2) is 19.0 Å². The molecule has 4 nitrogen and oxygen atoms in total. The van der Waals surface area contributed by atoms with Gasteiger partial charge in [-0.3, -0.25) is 4.79 Å². The third kappa shape index (κ3) is 2.50. The molecule has 0 bridgehead atoms. The smallest absolute Gasteiger partial charge is 0.245 e. The van der Waals surface area contributed by atoms with Crippen LogP contribution in [0.5, 0.6) is 0 Å². The maximum absolute atomic E-state index is 11.5. The number of anilines is 2. The van der Waals surface area contributed by atoms with Gasteiger partial charge < -0.3 is 16.0 Å². The van der Waals surface area contributed by atoms with Crippen LogP contribution >= 0.6 is 11.6 Å². The summed E-state index contributed by atoms with van der Waals surface area (Å²) < 4.78 is 0. The Balaban J connectivity index is 2.42. The van der Waals surface area contributed by atoms with Crippen LogP contribution in [0.2, 0.25) is 5.02 Å². The van der Waals surface area contributed by atoms with Crippen LogP contribution < -0.4 is 16.0 Å². The number of amides is 1. The van der Waals surface area contributed by atoms with E-state index in [2.05, 4.69) is 18.5 Å². The number of nitrogens with one attached hydrogen (secondary N) is 1. The topological polar surface area (TPSA) is 58.4 Å². The molecule has 0 saturated carbocycles. The zero-order valence-corrected chi connectivity index (χ0v) is 11.3. The summed E-state index contributed by atoms with van der Waals surface area (Å²) in [5.41, 5.74) is 8.06. The molecule has 2 rings (SSSR count). The van der Waals surface area contributed by atoms with Crippen LogP contribution in [0.3, 0.4) is 0 Å². The first kappa shape index (κ1) is 13.6. The maximum atomic E-state index is 11.5. The van der Waals surface area contributed by atoms with Crippen LogP contribution in [0.4, 0.5) is 11.4 Å². The Labute approximate surface area is 117 Å². The first-order chi connectivity index (χ1) is 9.08. The van der Waals surface area contributed by atoms with E-state index in [1.807, 2.05) is 11.0 Å². The average molecular weight is 278 g/mol. The first-order valence-electron chi connectivity index (χ1n) is 5.95. The highest BCUT2D eigenvalue weighted by molar-refractivity contribution is 6.33. The third-order valence-electron chi connectivity index (χ3n) is 3.03. The zero-order chi connectivity index (χ0) is 14.0. The molecule has 3 N–H and O–H groups in total. The van der Waals surface area contributed by atoms with Crippen LogP contribution in [0.1, 0.15) is 11.6 Å². The molecule has 1 heterocycles. The van der Waals surface area contributed by atoms with Crippen molar-refractivity contribution in [3.05, 3.63) is 48.0 Å². The van der Waals surface area contributed by atoms with Crippen molar-refractivity contribution in [1.29, 1.82) is 0 Å². The molecule has 1 aliphatic rings. The molecule has 1 atom stereocenters. The quantitative estimate of drug-likeness (QED) is 0.813. The lowest BCUT2D eigenvalue weighted by Crippen LogP contribution is -2.23. The zero-order valence-electron chi connectivity index (χ0n) is 10.5. The van der Waals surface area contributed by atoms with Crippen molar-refractivity contribution in [2.45, 2.75) is 6.04 Å². The second-order valence-electron chi connectivity index (χ2n) is 4.34. The highest BCUT2D eigenvalue weighted by Crippen LogP contribution is 2.38. The van der Waals surface area contributed by atoms with Gasteiger partial charge in [-0.25, -0.2) is 0 Å². The van der Waals surface area contributed by atoms with Crippen molar-refractivity contribution in [2.24, 2.45) is 5.73 Å². The van der Waals surface area contributed by atoms with Crippen molar-refractivity contribution < 1.29 is 4.79 Å². The minimum absolute atomic E-state index is 0.206. The SMILES string of the molecule is C=CCN(CC=C)c1cc2c(cc1Cl)C(N)C(=O)N2. The second kappa shape index (κ2) is 5.47. The van der Waals surface area contributed by atoms with E-state index in [9.17, 15) is 4.79 Å². The van der Waals surface area contributed by atoms with Crippen molar-refractivity contribution in [2.75, 3.05) is 23.3 Å². The molecule has 19 heavy (non-hydrogen) atoms. The number of hydrogen-bond donors (Lipinski definition) is 2. The first-order valence-corrected chi connectivity index (χ1v) is 6.33. The summed E-state index contributed by atoms with van der Waals surface area (Å²) in [5.74, 6) is -0.206. The van der Waals surface area contributed by atoms with Crippen molar-refractivity contribution in [1.82, 2.24) is 0 Å². The largest absolute Gasteiger partial charge is 0.363 e. The van der Waals surface area contributed by atoms with Crippen LogP contribution in [0, 0.1) is 0 Å². The second-order valence-corrected chi connectivity index (χ2v) is 4.75. The Hall–Kier alpha value is -1.78. The highest BCUT2D eigenvalue weighted by Gasteiger charge is 2.28. The molecule has 5 heteroatoms. The lowest BCUT2D eigenvalue weighted by Gasteiger charge is -2.23. The summed E-state index contributed by atoms with van der Waals surface area (Å²) in [6.07, 6.45) is 3.58. The summed E-state index contributed by atoms with van der Waals surface area (Å²) in [5, 5.41) is 3.32. The average Bonchev–Trinajstić information content (AvgIpc) is 2.64. The van der Waals surface area contributed by atoms with Crippen LogP contribution in [0.25, 0.3) is 0 Å². The molecule has 0 aliphatic carbocycles.